The lowest BCUT2D eigenvalue weighted by molar-refractivity contribution is -0.117. The van der Waals surface area contributed by atoms with E-state index < -0.39 is 0 Å². The molecule has 1 amide bonds. The fourth-order valence-electron chi connectivity index (χ4n) is 3.27. The summed E-state index contributed by atoms with van der Waals surface area (Å²) in [5.41, 5.74) is 1.37. The minimum Gasteiger partial charge on any atom is -0.493 e. The van der Waals surface area contributed by atoms with Crippen molar-refractivity contribution in [2.45, 2.75) is 20.4 Å². The van der Waals surface area contributed by atoms with Gasteiger partial charge in [-0.15, -0.1) is 0 Å². The molecule has 0 unspecified atom stereocenters. The van der Waals surface area contributed by atoms with Crippen LogP contribution in [0.5, 0.6) is 11.5 Å². The third-order valence-corrected chi connectivity index (χ3v) is 5.02. The molecule has 168 valence electrons. The van der Waals surface area contributed by atoms with E-state index >= 15 is 0 Å². The van der Waals surface area contributed by atoms with Gasteiger partial charge in [0.05, 0.1) is 38.2 Å². The molecule has 0 aliphatic carbocycles. The number of rotatable bonds is 9. The SMILES string of the molecule is CCN(CC(=O)Nc1ccc(C(C)=O)cc1)Cc1nc2cc(OC)c(OC)cc2c(=O)[nH]1. The second kappa shape index (κ2) is 10.1. The number of likely N-dealkylation sites (N-methyl/N-ethyl adjacent to an activating group) is 1. The number of carbonyl (C=O) groups excluding carboxylic acids is 2. The fraction of sp³-hybridized carbons (Fsp3) is 0.304. The Balaban J connectivity index is 1.73. The summed E-state index contributed by atoms with van der Waals surface area (Å²) in [6.07, 6.45) is 0. The monoisotopic (exact) mass is 438 g/mol. The molecule has 0 fully saturated rings. The molecule has 0 saturated heterocycles. The molecule has 0 atom stereocenters. The Kier molecular flexibility index (Phi) is 7.21. The summed E-state index contributed by atoms with van der Waals surface area (Å²) in [5, 5.41) is 3.20. The Morgan fingerprint density at radius 2 is 1.75 bits per heavy atom. The van der Waals surface area contributed by atoms with Crippen LogP contribution in [0.15, 0.2) is 41.2 Å². The molecule has 2 aromatic carbocycles. The molecule has 0 bridgehead atoms. The third-order valence-electron chi connectivity index (χ3n) is 5.02. The molecular formula is C23H26N4O5. The third kappa shape index (κ3) is 5.30. The number of carbonyl (C=O) groups is 2. The molecular weight excluding hydrogens is 412 g/mol. The number of aromatic amines is 1. The Morgan fingerprint density at radius 3 is 2.34 bits per heavy atom. The van der Waals surface area contributed by atoms with Crippen molar-refractivity contribution in [3.05, 3.63) is 58.1 Å². The molecule has 3 aromatic rings. The van der Waals surface area contributed by atoms with Gasteiger partial charge in [0.25, 0.3) is 5.56 Å². The van der Waals surface area contributed by atoms with Gasteiger partial charge < -0.3 is 19.8 Å². The predicted octanol–water partition coefficient (Wildman–Crippen LogP) is 2.60. The van der Waals surface area contributed by atoms with Crippen LogP contribution in [0.25, 0.3) is 10.9 Å². The van der Waals surface area contributed by atoms with Crippen LogP contribution in [0.1, 0.15) is 30.0 Å². The van der Waals surface area contributed by atoms with E-state index in [0.29, 0.717) is 46.0 Å². The van der Waals surface area contributed by atoms with E-state index in [1.807, 2.05) is 11.8 Å². The van der Waals surface area contributed by atoms with Crippen LogP contribution < -0.4 is 20.3 Å². The summed E-state index contributed by atoms with van der Waals surface area (Å²) in [5.74, 6) is 1.12. The number of Topliss-reactive ketones (excluding diaryl/α,β-unsaturated/α-hetero) is 1. The number of H-pyrrole nitrogens is 1. The van der Waals surface area contributed by atoms with Crippen molar-refractivity contribution in [1.29, 1.82) is 0 Å². The summed E-state index contributed by atoms with van der Waals surface area (Å²) in [6, 6.07) is 9.96. The normalized spacial score (nSPS) is 10.9. The lowest BCUT2D eigenvalue weighted by Crippen LogP contribution is -2.33. The molecule has 2 N–H and O–H groups in total. The van der Waals surface area contributed by atoms with Gasteiger partial charge in [0.2, 0.25) is 5.91 Å². The van der Waals surface area contributed by atoms with E-state index in [1.165, 1.54) is 21.1 Å². The van der Waals surface area contributed by atoms with Gasteiger partial charge in [0.15, 0.2) is 17.3 Å². The quantitative estimate of drug-likeness (QED) is 0.494. The topological polar surface area (TPSA) is 114 Å². The summed E-state index contributed by atoms with van der Waals surface area (Å²) in [7, 11) is 3.02. The van der Waals surface area contributed by atoms with Crippen molar-refractivity contribution < 1.29 is 19.1 Å². The first-order valence-corrected chi connectivity index (χ1v) is 10.1. The van der Waals surface area contributed by atoms with Crippen LogP contribution in [0.4, 0.5) is 5.69 Å². The molecule has 9 nitrogen and oxygen atoms in total. The highest BCUT2D eigenvalue weighted by atomic mass is 16.5. The summed E-state index contributed by atoms with van der Waals surface area (Å²) in [6.45, 7) is 4.38. The van der Waals surface area contributed by atoms with Crippen molar-refractivity contribution in [1.82, 2.24) is 14.9 Å². The first-order valence-electron chi connectivity index (χ1n) is 10.1. The maximum atomic E-state index is 12.6. The van der Waals surface area contributed by atoms with Crippen LogP contribution >= 0.6 is 0 Å². The number of hydrogen-bond acceptors (Lipinski definition) is 7. The number of ketones is 1. The minimum absolute atomic E-state index is 0.0343. The number of amides is 1. The number of aromatic nitrogens is 2. The maximum absolute atomic E-state index is 12.6. The number of ether oxygens (including phenoxy) is 2. The molecule has 1 aromatic heterocycles. The standard InChI is InChI=1S/C23H26N4O5/c1-5-27(13-22(29)24-16-8-6-15(7-9-16)14(2)28)12-21-25-18-11-20(32-4)19(31-3)10-17(18)23(30)26-21/h6-11H,5,12-13H2,1-4H3,(H,24,29)(H,25,26,30). The van der Waals surface area contributed by atoms with Crippen molar-refractivity contribution >= 4 is 28.3 Å². The lowest BCUT2D eigenvalue weighted by atomic mass is 10.1. The van der Waals surface area contributed by atoms with E-state index in [1.54, 1.807) is 36.4 Å². The number of nitrogens with zero attached hydrogens (tertiary/aromatic N) is 2. The second-order valence-corrected chi connectivity index (χ2v) is 7.22. The predicted molar refractivity (Wildman–Crippen MR) is 121 cm³/mol. The first kappa shape index (κ1) is 23.0. The van der Waals surface area contributed by atoms with Gasteiger partial charge in [-0.05, 0) is 43.8 Å². The van der Waals surface area contributed by atoms with Gasteiger partial charge in [0.1, 0.15) is 5.82 Å². The van der Waals surface area contributed by atoms with E-state index in [2.05, 4.69) is 15.3 Å². The second-order valence-electron chi connectivity index (χ2n) is 7.22. The van der Waals surface area contributed by atoms with Crippen molar-refractivity contribution in [2.75, 3.05) is 32.6 Å². The molecule has 0 spiro atoms. The van der Waals surface area contributed by atoms with E-state index in [4.69, 9.17) is 9.47 Å². The highest BCUT2D eigenvalue weighted by Gasteiger charge is 2.15. The molecule has 3 rings (SSSR count). The van der Waals surface area contributed by atoms with Crippen LogP contribution in [-0.2, 0) is 11.3 Å². The molecule has 0 aliphatic heterocycles. The van der Waals surface area contributed by atoms with E-state index in [-0.39, 0.29) is 30.3 Å². The zero-order valence-corrected chi connectivity index (χ0v) is 18.5. The summed E-state index contributed by atoms with van der Waals surface area (Å²) < 4.78 is 10.5. The molecule has 0 radical (unpaired) electrons. The van der Waals surface area contributed by atoms with Crippen LogP contribution in [0, 0.1) is 0 Å². The Labute approximate surface area is 185 Å². The van der Waals surface area contributed by atoms with Gasteiger partial charge in [-0.25, -0.2) is 4.98 Å². The van der Waals surface area contributed by atoms with E-state index in [0.717, 1.165) is 0 Å². The first-order chi connectivity index (χ1) is 15.3. The van der Waals surface area contributed by atoms with Gasteiger partial charge in [0, 0.05) is 17.3 Å². The van der Waals surface area contributed by atoms with E-state index in [9.17, 15) is 14.4 Å². The Bertz CT molecular complexity index is 1190. The largest absolute Gasteiger partial charge is 0.493 e. The lowest BCUT2D eigenvalue weighted by Gasteiger charge is -2.19. The number of nitrogens with one attached hydrogen (secondary N) is 2. The zero-order valence-electron chi connectivity index (χ0n) is 18.5. The van der Waals surface area contributed by atoms with Gasteiger partial charge in [-0.1, -0.05) is 6.92 Å². The number of methoxy groups -OCH3 is 2. The zero-order chi connectivity index (χ0) is 23.3. The summed E-state index contributed by atoms with van der Waals surface area (Å²) >= 11 is 0. The molecule has 32 heavy (non-hydrogen) atoms. The highest BCUT2D eigenvalue weighted by molar-refractivity contribution is 5.96. The maximum Gasteiger partial charge on any atom is 0.258 e. The smallest absolute Gasteiger partial charge is 0.258 e. The fourth-order valence-corrected chi connectivity index (χ4v) is 3.27. The number of fused-ring (bicyclic) bond motifs is 1. The number of anilines is 1. The van der Waals surface area contributed by atoms with Gasteiger partial charge in [-0.3, -0.25) is 19.3 Å². The number of benzene rings is 2. The Hall–Kier alpha value is -3.72. The summed E-state index contributed by atoms with van der Waals surface area (Å²) in [4.78, 5) is 45.6. The van der Waals surface area contributed by atoms with Crippen LogP contribution in [0.2, 0.25) is 0 Å². The highest BCUT2D eigenvalue weighted by Crippen LogP contribution is 2.29. The molecule has 0 aliphatic rings. The van der Waals surface area contributed by atoms with Crippen LogP contribution in [0.3, 0.4) is 0 Å². The van der Waals surface area contributed by atoms with Gasteiger partial charge in [-0.2, -0.15) is 0 Å². The molecule has 9 heteroatoms. The van der Waals surface area contributed by atoms with Crippen molar-refractivity contribution in [2.24, 2.45) is 0 Å². The minimum atomic E-state index is -0.294. The molecule has 0 saturated carbocycles. The molecule has 1 heterocycles. The average molecular weight is 438 g/mol. The Morgan fingerprint density at radius 1 is 1.09 bits per heavy atom. The van der Waals surface area contributed by atoms with Gasteiger partial charge >= 0.3 is 0 Å². The average Bonchev–Trinajstić information content (AvgIpc) is 2.78. The van der Waals surface area contributed by atoms with Crippen LogP contribution in [-0.4, -0.2) is 53.9 Å². The number of hydrogen-bond donors (Lipinski definition) is 2. The van der Waals surface area contributed by atoms with Crippen molar-refractivity contribution in [3.63, 3.8) is 0 Å². The van der Waals surface area contributed by atoms with Crippen molar-refractivity contribution in [3.8, 4) is 11.5 Å².